The van der Waals surface area contributed by atoms with Crippen LogP contribution in [0.5, 0.6) is 0 Å². The van der Waals surface area contributed by atoms with E-state index in [0.29, 0.717) is 18.0 Å². The molecule has 3 heterocycles. The van der Waals surface area contributed by atoms with Crippen molar-refractivity contribution in [1.29, 1.82) is 0 Å². The number of amides is 1. The van der Waals surface area contributed by atoms with E-state index >= 15 is 0 Å². The molecule has 2 aromatic heterocycles. The summed E-state index contributed by atoms with van der Waals surface area (Å²) in [6.07, 6.45) is 2.00. The Morgan fingerprint density at radius 2 is 2.45 bits per heavy atom. The molecule has 3 rings (SSSR count). The van der Waals surface area contributed by atoms with Crippen molar-refractivity contribution in [3.8, 4) is 10.8 Å². The lowest BCUT2D eigenvalue weighted by Crippen LogP contribution is -2.40. The van der Waals surface area contributed by atoms with Crippen molar-refractivity contribution in [2.45, 2.75) is 25.8 Å². The number of hydrogen-bond acceptors (Lipinski definition) is 5. The van der Waals surface area contributed by atoms with Crippen LogP contribution in [0.1, 0.15) is 29.1 Å². The number of likely N-dealkylation sites (tertiary alicyclic amines) is 1. The Bertz CT molecular complexity index is 619. The van der Waals surface area contributed by atoms with Crippen LogP contribution < -0.4 is 5.73 Å². The summed E-state index contributed by atoms with van der Waals surface area (Å²) in [5, 5.41) is 2.53. The Morgan fingerprint density at radius 1 is 1.60 bits per heavy atom. The highest BCUT2D eigenvalue weighted by Crippen LogP contribution is 2.27. The van der Waals surface area contributed by atoms with Crippen LogP contribution in [0, 0.1) is 6.92 Å². The quantitative estimate of drug-likeness (QED) is 0.941. The molecular weight excluding hydrogens is 274 g/mol. The maximum atomic E-state index is 12.5. The van der Waals surface area contributed by atoms with Crippen molar-refractivity contribution < 1.29 is 9.21 Å². The van der Waals surface area contributed by atoms with Gasteiger partial charge in [0.15, 0.2) is 10.8 Å². The molecular formula is C14H17N3O2S. The average molecular weight is 291 g/mol. The minimum Gasteiger partial charge on any atom is -0.459 e. The third kappa shape index (κ3) is 2.36. The normalized spacial score (nSPS) is 18.7. The third-order valence-electron chi connectivity index (χ3n) is 3.58. The van der Waals surface area contributed by atoms with E-state index in [0.717, 1.165) is 30.2 Å². The van der Waals surface area contributed by atoms with Gasteiger partial charge in [-0.15, -0.1) is 11.3 Å². The highest BCUT2D eigenvalue weighted by molar-refractivity contribution is 7.13. The first-order valence-corrected chi connectivity index (χ1v) is 7.60. The first kappa shape index (κ1) is 13.3. The molecule has 1 aliphatic rings. The third-order valence-corrected chi connectivity index (χ3v) is 4.44. The summed E-state index contributed by atoms with van der Waals surface area (Å²) in [5.41, 5.74) is 6.20. The van der Waals surface area contributed by atoms with Crippen LogP contribution >= 0.6 is 11.3 Å². The van der Waals surface area contributed by atoms with Gasteiger partial charge in [0.25, 0.3) is 5.91 Å². The van der Waals surface area contributed by atoms with Gasteiger partial charge in [-0.2, -0.15) is 0 Å². The van der Waals surface area contributed by atoms with E-state index in [1.54, 1.807) is 5.38 Å². The fraction of sp³-hybridized carbons (Fsp3) is 0.429. The molecule has 1 saturated heterocycles. The molecule has 0 aliphatic carbocycles. The Hall–Kier alpha value is -1.66. The smallest absolute Gasteiger partial charge is 0.273 e. The predicted molar refractivity (Wildman–Crippen MR) is 77.7 cm³/mol. The van der Waals surface area contributed by atoms with Crippen LogP contribution in [0.15, 0.2) is 21.9 Å². The van der Waals surface area contributed by atoms with Crippen molar-refractivity contribution in [2.24, 2.45) is 5.73 Å². The predicted octanol–water partition coefficient (Wildman–Crippen LogP) is 2.27. The highest BCUT2D eigenvalue weighted by atomic mass is 32.1. The fourth-order valence-corrected chi connectivity index (χ4v) is 3.28. The summed E-state index contributed by atoms with van der Waals surface area (Å²) in [7, 11) is 0. The topological polar surface area (TPSA) is 72.4 Å². The second-order valence-electron chi connectivity index (χ2n) is 4.98. The molecule has 5 nitrogen and oxygen atoms in total. The minimum atomic E-state index is -0.0243. The number of carbonyl (C=O) groups is 1. The molecule has 1 atom stereocenters. The Balaban J connectivity index is 1.81. The summed E-state index contributed by atoms with van der Waals surface area (Å²) in [6.45, 7) is 3.17. The molecule has 0 radical (unpaired) electrons. The number of nitrogens with zero attached hydrogens (tertiary/aromatic N) is 2. The molecule has 1 fully saturated rings. The maximum Gasteiger partial charge on any atom is 0.273 e. The largest absolute Gasteiger partial charge is 0.459 e. The molecule has 6 heteroatoms. The summed E-state index contributed by atoms with van der Waals surface area (Å²) >= 11 is 1.43. The summed E-state index contributed by atoms with van der Waals surface area (Å²) in [4.78, 5) is 18.7. The van der Waals surface area contributed by atoms with Gasteiger partial charge >= 0.3 is 0 Å². The van der Waals surface area contributed by atoms with Gasteiger partial charge in [0.05, 0.1) is 0 Å². The SMILES string of the molecule is Cc1ccc(-c2nc(C(=O)N3CCCC3CN)cs2)o1. The Labute approximate surface area is 121 Å². The van der Waals surface area contributed by atoms with E-state index in [1.807, 2.05) is 24.0 Å². The van der Waals surface area contributed by atoms with Crippen molar-refractivity contribution in [2.75, 3.05) is 13.1 Å². The van der Waals surface area contributed by atoms with E-state index in [1.165, 1.54) is 11.3 Å². The lowest BCUT2D eigenvalue weighted by Gasteiger charge is -2.22. The zero-order valence-electron chi connectivity index (χ0n) is 11.3. The van der Waals surface area contributed by atoms with Crippen molar-refractivity contribution in [1.82, 2.24) is 9.88 Å². The van der Waals surface area contributed by atoms with Gasteiger partial charge in [0.1, 0.15) is 11.5 Å². The molecule has 1 aliphatic heterocycles. The first-order valence-electron chi connectivity index (χ1n) is 6.72. The molecule has 1 amide bonds. The van der Waals surface area contributed by atoms with Gasteiger partial charge in [-0.25, -0.2) is 4.98 Å². The zero-order valence-corrected chi connectivity index (χ0v) is 12.2. The fourth-order valence-electron chi connectivity index (χ4n) is 2.53. The van der Waals surface area contributed by atoms with Crippen LogP contribution in [0.25, 0.3) is 10.8 Å². The van der Waals surface area contributed by atoms with E-state index in [2.05, 4.69) is 4.98 Å². The molecule has 1 unspecified atom stereocenters. The summed E-state index contributed by atoms with van der Waals surface area (Å²) in [6, 6.07) is 3.92. The first-order chi connectivity index (χ1) is 9.69. The van der Waals surface area contributed by atoms with Gasteiger partial charge in [-0.3, -0.25) is 4.79 Å². The van der Waals surface area contributed by atoms with Gasteiger partial charge in [0.2, 0.25) is 0 Å². The molecule has 0 aromatic carbocycles. The standard InChI is InChI=1S/C14H17N3O2S/c1-9-4-5-12(19-9)13-16-11(8-20-13)14(18)17-6-2-3-10(17)7-15/h4-5,8,10H,2-3,6-7,15H2,1H3. The van der Waals surface area contributed by atoms with Crippen LogP contribution in [0.3, 0.4) is 0 Å². The Morgan fingerprint density at radius 3 is 3.15 bits per heavy atom. The lowest BCUT2D eigenvalue weighted by molar-refractivity contribution is 0.0736. The minimum absolute atomic E-state index is 0.0243. The molecule has 2 aromatic rings. The number of rotatable bonds is 3. The number of aryl methyl sites for hydroxylation is 1. The number of aromatic nitrogens is 1. The average Bonchev–Trinajstić information content (AvgIpc) is 3.17. The Kier molecular flexibility index (Phi) is 3.58. The second kappa shape index (κ2) is 5.38. The molecule has 2 N–H and O–H groups in total. The van der Waals surface area contributed by atoms with E-state index < -0.39 is 0 Å². The number of furan rings is 1. The van der Waals surface area contributed by atoms with Crippen LogP contribution in [0.4, 0.5) is 0 Å². The second-order valence-corrected chi connectivity index (χ2v) is 5.84. The summed E-state index contributed by atoms with van der Waals surface area (Å²) < 4.78 is 5.53. The number of thiazole rings is 1. The van der Waals surface area contributed by atoms with E-state index in [-0.39, 0.29) is 11.9 Å². The number of hydrogen-bond donors (Lipinski definition) is 1. The summed E-state index contributed by atoms with van der Waals surface area (Å²) in [5.74, 6) is 1.53. The molecule has 0 bridgehead atoms. The number of carbonyl (C=O) groups excluding carboxylic acids is 1. The number of nitrogens with two attached hydrogens (primary N) is 1. The van der Waals surface area contributed by atoms with Crippen LogP contribution in [-0.2, 0) is 0 Å². The molecule has 0 saturated carbocycles. The van der Waals surface area contributed by atoms with Crippen molar-refractivity contribution in [3.63, 3.8) is 0 Å². The lowest BCUT2D eigenvalue weighted by atomic mass is 10.2. The monoisotopic (exact) mass is 291 g/mol. The zero-order chi connectivity index (χ0) is 14.1. The van der Waals surface area contributed by atoms with Gasteiger partial charge in [0, 0.05) is 24.5 Å². The van der Waals surface area contributed by atoms with Gasteiger partial charge < -0.3 is 15.1 Å². The van der Waals surface area contributed by atoms with E-state index in [9.17, 15) is 4.79 Å². The van der Waals surface area contributed by atoms with E-state index in [4.69, 9.17) is 10.2 Å². The molecule has 20 heavy (non-hydrogen) atoms. The van der Waals surface area contributed by atoms with Crippen LogP contribution in [-0.4, -0.2) is 34.9 Å². The van der Waals surface area contributed by atoms with Gasteiger partial charge in [-0.05, 0) is 31.9 Å². The molecule has 106 valence electrons. The highest BCUT2D eigenvalue weighted by Gasteiger charge is 2.29. The van der Waals surface area contributed by atoms with Crippen LogP contribution in [0.2, 0.25) is 0 Å². The van der Waals surface area contributed by atoms with Gasteiger partial charge in [-0.1, -0.05) is 0 Å². The van der Waals surface area contributed by atoms with Crippen molar-refractivity contribution in [3.05, 3.63) is 29.0 Å². The maximum absolute atomic E-state index is 12.5. The molecule has 0 spiro atoms. The van der Waals surface area contributed by atoms with Crippen molar-refractivity contribution >= 4 is 17.2 Å².